The lowest BCUT2D eigenvalue weighted by Gasteiger charge is -2.22. The Morgan fingerprint density at radius 1 is 1.64 bits per heavy atom. The summed E-state index contributed by atoms with van der Waals surface area (Å²) in [5.74, 6) is 3.10. The summed E-state index contributed by atoms with van der Waals surface area (Å²) < 4.78 is 0. The van der Waals surface area contributed by atoms with Gasteiger partial charge in [0.25, 0.3) is 0 Å². The summed E-state index contributed by atoms with van der Waals surface area (Å²) in [5.41, 5.74) is 0. The van der Waals surface area contributed by atoms with Gasteiger partial charge in [-0.2, -0.15) is 0 Å². The number of rotatable bonds is 3. The molecule has 0 aliphatic carbocycles. The van der Waals surface area contributed by atoms with Gasteiger partial charge in [-0.25, -0.2) is 0 Å². The Morgan fingerprint density at radius 2 is 2.29 bits per heavy atom. The molecule has 1 saturated heterocycles. The molecule has 1 amide bonds. The minimum atomic E-state index is -0.149. The average Bonchev–Trinajstić information content (AvgIpc) is 2.19. The van der Waals surface area contributed by atoms with E-state index in [4.69, 9.17) is 6.42 Å². The lowest BCUT2D eigenvalue weighted by Crippen LogP contribution is -2.35. The van der Waals surface area contributed by atoms with E-state index in [2.05, 4.69) is 16.6 Å². The predicted molar refractivity (Wildman–Crippen MR) is 56.6 cm³/mol. The molecule has 0 bridgehead atoms. The number of amides is 1. The number of hydrogen-bond donors (Lipinski definition) is 2. The van der Waals surface area contributed by atoms with Crippen molar-refractivity contribution in [3.63, 3.8) is 0 Å². The van der Waals surface area contributed by atoms with Crippen molar-refractivity contribution in [1.29, 1.82) is 0 Å². The molecular weight excluding hydrogens is 176 g/mol. The molecule has 0 aromatic rings. The molecule has 1 aliphatic rings. The molecule has 14 heavy (non-hydrogen) atoms. The van der Waals surface area contributed by atoms with Gasteiger partial charge in [-0.3, -0.25) is 4.79 Å². The van der Waals surface area contributed by atoms with E-state index in [1.807, 2.05) is 6.92 Å². The van der Waals surface area contributed by atoms with Gasteiger partial charge in [0.05, 0.1) is 6.04 Å². The van der Waals surface area contributed by atoms with Crippen LogP contribution in [-0.4, -0.2) is 25.0 Å². The molecule has 1 rings (SSSR count). The number of terminal acetylenes is 1. The first-order valence-electron chi connectivity index (χ1n) is 5.18. The van der Waals surface area contributed by atoms with Crippen LogP contribution in [0.1, 0.15) is 26.2 Å². The maximum atomic E-state index is 11.5. The van der Waals surface area contributed by atoms with Gasteiger partial charge < -0.3 is 10.6 Å². The average molecular weight is 194 g/mol. The first-order valence-corrected chi connectivity index (χ1v) is 5.18. The van der Waals surface area contributed by atoms with Crippen molar-refractivity contribution < 1.29 is 4.79 Å². The SMILES string of the molecule is C#CC(C)NC(=O)CC1CCNCC1. The molecular formula is C11H18N2O. The summed E-state index contributed by atoms with van der Waals surface area (Å²) in [5, 5.41) is 6.06. The zero-order chi connectivity index (χ0) is 10.4. The van der Waals surface area contributed by atoms with Crippen LogP contribution in [0, 0.1) is 18.3 Å². The van der Waals surface area contributed by atoms with Crippen LogP contribution in [0.4, 0.5) is 0 Å². The van der Waals surface area contributed by atoms with E-state index < -0.39 is 0 Å². The van der Waals surface area contributed by atoms with E-state index in [1.54, 1.807) is 0 Å². The van der Waals surface area contributed by atoms with Gasteiger partial charge in [-0.15, -0.1) is 6.42 Å². The summed E-state index contributed by atoms with van der Waals surface area (Å²) >= 11 is 0. The molecule has 0 spiro atoms. The Labute approximate surface area is 85.6 Å². The third-order valence-electron chi connectivity index (χ3n) is 2.56. The third-order valence-corrected chi connectivity index (χ3v) is 2.56. The molecule has 1 heterocycles. The van der Waals surface area contributed by atoms with Crippen molar-refractivity contribution in [3.05, 3.63) is 0 Å². The van der Waals surface area contributed by atoms with Crippen LogP contribution >= 0.6 is 0 Å². The summed E-state index contributed by atoms with van der Waals surface area (Å²) in [6.07, 6.45) is 7.99. The van der Waals surface area contributed by atoms with Crippen LogP contribution in [-0.2, 0) is 4.79 Å². The van der Waals surface area contributed by atoms with Crippen LogP contribution in [0.15, 0.2) is 0 Å². The highest BCUT2D eigenvalue weighted by molar-refractivity contribution is 5.76. The lowest BCUT2D eigenvalue weighted by molar-refractivity contribution is -0.122. The minimum absolute atomic E-state index is 0.0855. The van der Waals surface area contributed by atoms with E-state index in [1.165, 1.54) is 0 Å². The molecule has 1 atom stereocenters. The van der Waals surface area contributed by atoms with Gasteiger partial charge in [0, 0.05) is 6.42 Å². The first-order chi connectivity index (χ1) is 6.72. The number of hydrogen-bond acceptors (Lipinski definition) is 2. The van der Waals surface area contributed by atoms with E-state index in [0.717, 1.165) is 25.9 Å². The van der Waals surface area contributed by atoms with Crippen molar-refractivity contribution >= 4 is 5.91 Å². The number of carbonyl (C=O) groups excluding carboxylic acids is 1. The lowest BCUT2D eigenvalue weighted by atomic mass is 9.94. The second-order valence-electron chi connectivity index (χ2n) is 3.85. The molecule has 0 aromatic carbocycles. The van der Waals surface area contributed by atoms with Crippen LogP contribution < -0.4 is 10.6 Å². The van der Waals surface area contributed by atoms with Crippen molar-refractivity contribution in [2.24, 2.45) is 5.92 Å². The molecule has 2 N–H and O–H groups in total. The highest BCUT2D eigenvalue weighted by atomic mass is 16.1. The monoisotopic (exact) mass is 194 g/mol. The topological polar surface area (TPSA) is 41.1 Å². The van der Waals surface area contributed by atoms with Crippen molar-refractivity contribution in [3.8, 4) is 12.3 Å². The maximum absolute atomic E-state index is 11.5. The van der Waals surface area contributed by atoms with E-state index in [-0.39, 0.29) is 11.9 Å². The summed E-state index contributed by atoms with van der Waals surface area (Å²) in [6.45, 7) is 3.88. The highest BCUT2D eigenvalue weighted by Crippen LogP contribution is 2.15. The fourth-order valence-electron chi connectivity index (χ4n) is 1.69. The molecule has 1 aliphatic heterocycles. The normalized spacial score (nSPS) is 19.7. The highest BCUT2D eigenvalue weighted by Gasteiger charge is 2.16. The van der Waals surface area contributed by atoms with Gasteiger partial charge in [-0.05, 0) is 38.8 Å². The predicted octanol–water partition coefficient (Wildman–Crippen LogP) is 0.514. The maximum Gasteiger partial charge on any atom is 0.221 e. The van der Waals surface area contributed by atoms with Gasteiger partial charge >= 0.3 is 0 Å². The molecule has 0 radical (unpaired) electrons. The quantitative estimate of drug-likeness (QED) is 0.643. The van der Waals surface area contributed by atoms with Crippen LogP contribution in [0.25, 0.3) is 0 Å². The first kappa shape index (κ1) is 11.1. The Hall–Kier alpha value is -1.01. The van der Waals surface area contributed by atoms with Crippen molar-refractivity contribution in [2.45, 2.75) is 32.2 Å². The van der Waals surface area contributed by atoms with Gasteiger partial charge in [0.2, 0.25) is 5.91 Å². The molecule has 0 saturated carbocycles. The third kappa shape index (κ3) is 3.80. The summed E-state index contributed by atoms with van der Waals surface area (Å²) in [6, 6.07) is -0.149. The second kappa shape index (κ2) is 5.66. The van der Waals surface area contributed by atoms with Gasteiger partial charge in [-0.1, -0.05) is 5.92 Å². The number of carbonyl (C=O) groups is 1. The zero-order valence-electron chi connectivity index (χ0n) is 8.68. The minimum Gasteiger partial charge on any atom is -0.343 e. The Bertz CT molecular complexity index is 226. The van der Waals surface area contributed by atoms with Crippen molar-refractivity contribution in [1.82, 2.24) is 10.6 Å². The zero-order valence-corrected chi connectivity index (χ0v) is 8.68. The Morgan fingerprint density at radius 3 is 2.86 bits per heavy atom. The van der Waals surface area contributed by atoms with E-state index >= 15 is 0 Å². The smallest absolute Gasteiger partial charge is 0.221 e. The van der Waals surface area contributed by atoms with Crippen LogP contribution in [0.3, 0.4) is 0 Å². The summed E-state index contributed by atoms with van der Waals surface area (Å²) in [7, 11) is 0. The fraction of sp³-hybridized carbons (Fsp3) is 0.727. The number of nitrogens with one attached hydrogen (secondary N) is 2. The molecule has 3 nitrogen and oxygen atoms in total. The molecule has 1 unspecified atom stereocenters. The Balaban J connectivity index is 2.22. The molecule has 3 heteroatoms. The van der Waals surface area contributed by atoms with E-state index in [9.17, 15) is 4.79 Å². The van der Waals surface area contributed by atoms with Gasteiger partial charge in [0.15, 0.2) is 0 Å². The molecule has 78 valence electrons. The molecule has 1 fully saturated rings. The number of piperidine rings is 1. The fourth-order valence-corrected chi connectivity index (χ4v) is 1.69. The van der Waals surface area contributed by atoms with Gasteiger partial charge in [0.1, 0.15) is 0 Å². The summed E-state index contributed by atoms with van der Waals surface area (Å²) in [4.78, 5) is 11.5. The van der Waals surface area contributed by atoms with E-state index in [0.29, 0.717) is 12.3 Å². The van der Waals surface area contributed by atoms with Crippen LogP contribution in [0.2, 0.25) is 0 Å². The molecule has 0 aromatic heterocycles. The Kier molecular flexibility index (Phi) is 4.48. The standard InChI is InChI=1S/C11H18N2O/c1-3-9(2)13-11(14)8-10-4-6-12-7-5-10/h1,9-10,12H,4-8H2,2H3,(H,13,14). The van der Waals surface area contributed by atoms with Crippen LogP contribution in [0.5, 0.6) is 0 Å². The van der Waals surface area contributed by atoms with Crippen molar-refractivity contribution in [2.75, 3.05) is 13.1 Å². The second-order valence-corrected chi connectivity index (χ2v) is 3.85. The largest absolute Gasteiger partial charge is 0.343 e.